The molecule has 0 aliphatic carbocycles. The van der Waals surface area contributed by atoms with Crippen LogP contribution < -0.4 is 10.9 Å². The second-order valence-corrected chi connectivity index (χ2v) is 6.19. The summed E-state index contributed by atoms with van der Waals surface area (Å²) in [7, 11) is 0. The summed E-state index contributed by atoms with van der Waals surface area (Å²) in [4.78, 5) is 34.4. The van der Waals surface area contributed by atoms with E-state index in [1.54, 1.807) is 31.2 Å². The minimum Gasteiger partial charge on any atom is -0.348 e. The van der Waals surface area contributed by atoms with Gasteiger partial charge in [0, 0.05) is 6.07 Å². The molecule has 8 nitrogen and oxygen atoms in total. The van der Waals surface area contributed by atoms with Crippen molar-refractivity contribution in [2.45, 2.75) is 19.5 Å². The topological polar surface area (TPSA) is 118 Å². The summed E-state index contributed by atoms with van der Waals surface area (Å²) >= 11 is 11.8. The SMILES string of the molecule is C[C@@H](NC(=O)Cn1cc([N+](=O)[O-])cc(C#N)c1=O)c1ccc(Cl)c(Cl)c1. The predicted octanol–water partition coefficient (Wildman–Crippen LogP) is 2.81. The molecule has 1 N–H and O–H groups in total. The molecule has 1 aromatic heterocycles. The number of carbonyl (C=O) groups excluding carboxylic acids is 1. The minimum absolute atomic E-state index is 0.332. The first-order chi connectivity index (χ1) is 12.2. The number of nitrogens with one attached hydrogen (secondary N) is 1. The number of benzene rings is 1. The van der Waals surface area contributed by atoms with Crippen LogP contribution in [0.2, 0.25) is 10.0 Å². The zero-order valence-corrected chi connectivity index (χ0v) is 14.9. The average molecular weight is 395 g/mol. The second kappa shape index (κ2) is 7.99. The fraction of sp³-hybridized carbons (Fsp3) is 0.188. The van der Waals surface area contributed by atoms with Crippen LogP contribution in [0.1, 0.15) is 24.1 Å². The van der Waals surface area contributed by atoms with Crippen molar-refractivity contribution in [1.29, 1.82) is 5.26 Å². The molecule has 0 fully saturated rings. The van der Waals surface area contributed by atoms with Crippen molar-refractivity contribution < 1.29 is 9.72 Å². The third-order valence-corrected chi connectivity index (χ3v) is 4.28. The third-order valence-electron chi connectivity index (χ3n) is 3.54. The number of nitrogens with zero attached hydrogens (tertiary/aromatic N) is 3. The molecular weight excluding hydrogens is 383 g/mol. The Hall–Kier alpha value is -2.89. The summed E-state index contributed by atoms with van der Waals surface area (Å²) in [6.07, 6.45) is 0.923. The van der Waals surface area contributed by atoms with Gasteiger partial charge in [-0.25, -0.2) is 0 Å². The summed E-state index contributed by atoms with van der Waals surface area (Å²) < 4.78 is 0.827. The van der Waals surface area contributed by atoms with Gasteiger partial charge in [0.15, 0.2) is 0 Å². The molecule has 0 aliphatic rings. The number of aromatic nitrogens is 1. The van der Waals surface area contributed by atoms with Crippen LogP contribution in [0, 0.1) is 21.4 Å². The summed E-state index contributed by atoms with van der Waals surface area (Å²) in [6.45, 7) is 1.23. The van der Waals surface area contributed by atoms with Gasteiger partial charge in [-0.2, -0.15) is 5.26 Å². The van der Waals surface area contributed by atoms with Crippen molar-refractivity contribution in [1.82, 2.24) is 9.88 Å². The smallest absolute Gasteiger partial charge is 0.287 e. The van der Waals surface area contributed by atoms with E-state index >= 15 is 0 Å². The monoisotopic (exact) mass is 394 g/mol. The van der Waals surface area contributed by atoms with Gasteiger partial charge in [-0.15, -0.1) is 0 Å². The number of nitriles is 1. The van der Waals surface area contributed by atoms with E-state index in [0.717, 1.165) is 16.8 Å². The van der Waals surface area contributed by atoms with E-state index < -0.39 is 40.2 Å². The summed E-state index contributed by atoms with van der Waals surface area (Å²) in [5, 5.41) is 23.2. The highest BCUT2D eigenvalue weighted by atomic mass is 35.5. The van der Waals surface area contributed by atoms with Crippen LogP contribution in [-0.2, 0) is 11.3 Å². The first-order valence-electron chi connectivity index (χ1n) is 7.26. The molecule has 0 saturated carbocycles. The summed E-state index contributed by atoms with van der Waals surface area (Å²) in [6, 6.07) is 6.89. The Kier molecular flexibility index (Phi) is 5.97. The molecule has 1 atom stereocenters. The maximum absolute atomic E-state index is 12.2. The molecular formula is C16H12Cl2N4O4. The molecule has 26 heavy (non-hydrogen) atoms. The molecule has 2 rings (SSSR count). The van der Waals surface area contributed by atoms with Gasteiger partial charge in [0.05, 0.1) is 27.2 Å². The van der Waals surface area contributed by atoms with E-state index in [2.05, 4.69) is 5.32 Å². The number of halogens is 2. The Morgan fingerprint density at radius 1 is 1.38 bits per heavy atom. The number of carbonyl (C=O) groups is 1. The molecule has 0 bridgehead atoms. The molecule has 10 heteroatoms. The van der Waals surface area contributed by atoms with Gasteiger partial charge in [0.1, 0.15) is 18.2 Å². The Balaban J connectivity index is 2.20. The van der Waals surface area contributed by atoms with Gasteiger partial charge >= 0.3 is 0 Å². The highest BCUT2D eigenvalue weighted by Crippen LogP contribution is 2.25. The molecule has 0 saturated heterocycles. The van der Waals surface area contributed by atoms with E-state index in [1.165, 1.54) is 0 Å². The first kappa shape index (κ1) is 19.4. The molecule has 1 aromatic carbocycles. The van der Waals surface area contributed by atoms with Crippen LogP contribution in [0.15, 0.2) is 35.3 Å². The molecule has 2 aromatic rings. The van der Waals surface area contributed by atoms with Crippen LogP contribution in [0.4, 0.5) is 5.69 Å². The third kappa shape index (κ3) is 4.39. The second-order valence-electron chi connectivity index (χ2n) is 5.38. The summed E-state index contributed by atoms with van der Waals surface area (Å²) in [5.41, 5.74) is -0.955. The number of hydrogen-bond acceptors (Lipinski definition) is 5. The van der Waals surface area contributed by atoms with Gasteiger partial charge in [0.25, 0.3) is 11.2 Å². The molecule has 1 amide bonds. The van der Waals surface area contributed by atoms with E-state index in [9.17, 15) is 19.7 Å². The lowest BCUT2D eigenvalue weighted by molar-refractivity contribution is -0.385. The van der Waals surface area contributed by atoms with E-state index in [-0.39, 0.29) is 0 Å². The van der Waals surface area contributed by atoms with Crippen molar-refractivity contribution in [3.63, 3.8) is 0 Å². The standard InChI is InChI=1S/C16H12Cl2N4O4/c1-9(10-2-3-13(17)14(18)5-10)20-15(23)8-21-7-12(22(25)26)4-11(6-19)16(21)24/h2-5,7,9H,8H2,1H3,(H,20,23)/t9-/m1/s1. The van der Waals surface area contributed by atoms with Crippen molar-refractivity contribution in [3.8, 4) is 6.07 Å². The predicted molar refractivity (Wildman–Crippen MR) is 95.1 cm³/mol. The number of hydrogen-bond donors (Lipinski definition) is 1. The molecule has 0 unspecified atom stereocenters. The number of amides is 1. The molecule has 0 radical (unpaired) electrons. The van der Waals surface area contributed by atoms with E-state index in [0.29, 0.717) is 15.6 Å². The quantitative estimate of drug-likeness (QED) is 0.617. The van der Waals surface area contributed by atoms with Crippen LogP contribution >= 0.6 is 23.2 Å². The van der Waals surface area contributed by atoms with Crippen molar-refractivity contribution in [2.24, 2.45) is 0 Å². The molecule has 134 valence electrons. The number of nitro groups is 1. The maximum atomic E-state index is 12.2. The Morgan fingerprint density at radius 2 is 2.08 bits per heavy atom. The van der Waals surface area contributed by atoms with Gasteiger partial charge in [-0.05, 0) is 24.6 Å². The highest BCUT2D eigenvalue weighted by molar-refractivity contribution is 6.42. The summed E-state index contributed by atoms with van der Waals surface area (Å²) in [5.74, 6) is -0.560. The van der Waals surface area contributed by atoms with Crippen LogP contribution in [0.25, 0.3) is 0 Å². The normalized spacial score (nSPS) is 11.5. The van der Waals surface area contributed by atoms with Crippen molar-refractivity contribution in [2.75, 3.05) is 0 Å². The van der Waals surface area contributed by atoms with Crippen LogP contribution in [-0.4, -0.2) is 15.4 Å². The molecule has 0 spiro atoms. The van der Waals surface area contributed by atoms with Crippen LogP contribution in [0.3, 0.4) is 0 Å². The largest absolute Gasteiger partial charge is 0.348 e. The highest BCUT2D eigenvalue weighted by Gasteiger charge is 2.17. The van der Waals surface area contributed by atoms with Crippen molar-refractivity contribution >= 4 is 34.8 Å². The molecule has 1 heterocycles. The first-order valence-corrected chi connectivity index (χ1v) is 8.01. The Labute approximate surface area is 157 Å². The molecule has 0 aliphatic heterocycles. The lowest BCUT2D eigenvalue weighted by atomic mass is 10.1. The van der Waals surface area contributed by atoms with Gasteiger partial charge < -0.3 is 5.32 Å². The van der Waals surface area contributed by atoms with Gasteiger partial charge in [0.2, 0.25) is 5.91 Å². The van der Waals surface area contributed by atoms with Crippen LogP contribution in [0.5, 0.6) is 0 Å². The Morgan fingerprint density at radius 3 is 2.65 bits per heavy atom. The fourth-order valence-electron chi connectivity index (χ4n) is 2.22. The van der Waals surface area contributed by atoms with Crippen molar-refractivity contribution in [3.05, 3.63) is 72.1 Å². The maximum Gasteiger partial charge on any atom is 0.287 e. The van der Waals surface area contributed by atoms with E-state index in [4.69, 9.17) is 28.5 Å². The number of pyridine rings is 1. The lowest BCUT2D eigenvalue weighted by Crippen LogP contribution is -2.34. The number of rotatable bonds is 5. The average Bonchev–Trinajstić information content (AvgIpc) is 2.58. The Bertz CT molecular complexity index is 981. The fourth-order valence-corrected chi connectivity index (χ4v) is 2.53. The van der Waals surface area contributed by atoms with Gasteiger partial charge in [-0.3, -0.25) is 24.3 Å². The van der Waals surface area contributed by atoms with E-state index in [1.807, 2.05) is 0 Å². The zero-order chi connectivity index (χ0) is 19.4. The van der Waals surface area contributed by atoms with Gasteiger partial charge in [-0.1, -0.05) is 29.3 Å². The zero-order valence-electron chi connectivity index (χ0n) is 13.4. The minimum atomic E-state index is -0.782. The lowest BCUT2D eigenvalue weighted by Gasteiger charge is -2.15.